The van der Waals surface area contributed by atoms with E-state index in [4.69, 9.17) is 0 Å². The van der Waals surface area contributed by atoms with Crippen LogP contribution >= 0.6 is 11.5 Å². The number of hydrogen-bond acceptors (Lipinski definition) is 4. The zero-order chi connectivity index (χ0) is 12.8. The van der Waals surface area contributed by atoms with Gasteiger partial charge in [0.2, 0.25) is 0 Å². The lowest BCUT2D eigenvalue weighted by molar-refractivity contribution is 0.631. The molecule has 1 aromatic carbocycles. The molecular formula is C14H19N3S. The molecule has 4 heteroatoms. The molecule has 0 fully saturated rings. The molecule has 0 aliphatic heterocycles. The number of nitrogens with one attached hydrogen (secondary N) is 1. The first-order chi connectivity index (χ1) is 8.86. The summed E-state index contributed by atoms with van der Waals surface area (Å²) in [7, 11) is 0. The maximum absolute atomic E-state index is 4.26. The monoisotopic (exact) mass is 261 g/mol. The van der Waals surface area contributed by atoms with Crippen LogP contribution in [0.1, 0.15) is 42.4 Å². The van der Waals surface area contributed by atoms with Crippen molar-refractivity contribution >= 4 is 11.5 Å². The molecule has 2 aromatic rings. The first kappa shape index (κ1) is 13.2. The lowest BCUT2D eigenvalue weighted by Crippen LogP contribution is -2.22. The highest BCUT2D eigenvalue weighted by molar-refractivity contribution is 7.05. The third kappa shape index (κ3) is 2.94. The zero-order valence-corrected chi connectivity index (χ0v) is 11.7. The second-order valence-electron chi connectivity index (χ2n) is 4.24. The summed E-state index contributed by atoms with van der Waals surface area (Å²) in [5.41, 5.74) is 2.42. The highest BCUT2D eigenvalue weighted by Crippen LogP contribution is 2.27. The van der Waals surface area contributed by atoms with Crippen LogP contribution in [-0.4, -0.2) is 16.1 Å². The summed E-state index contributed by atoms with van der Waals surface area (Å²) in [4.78, 5) is 1.25. The van der Waals surface area contributed by atoms with Gasteiger partial charge in [0, 0.05) is 0 Å². The maximum atomic E-state index is 4.26. The maximum Gasteiger partial charge on any atom is 0.0807 e. The number of rotatable bonds is 6. The van der Waals surface area contributed by atoms with Gasteiger partial charge >= 0.3 is 0 Å². The molecule has 1 unspecified atom stereocenters. The highest BCUT2D eigenvalue weighted by Gasteiger charge is 2.19. The quantitative estimate of drug-likeness (QED) is 0.868. The fourth-order valence-electron chi connectivity index (χ4n) is 2.06. The van der Waals surface area contributed by atoms with Crippen molar-refractivity contribution in [2.24, 2.45) is 0 Å². The lowest BCUT2D eigenvalue weighted by Gasteiger charge is -2.17. The van der Waals surface area contributed by atoms with E-state index in [1.165, 1.54) is 22.0 Å². The van der Waals surface area contributed by atoms with Crippen LogP contribution < -0.4 is 5.32 Å². The van der Waals surface area contributed by atoms with Gasteiger partial charge in [-0.15, -0.1) is 5.10 Å². The predicted octanol–water partition coefficient (Wildman–Crippen LogP) is 3.19. The summed E-state index contributed by atoms with van der Waals surface area (Å²) in [6, 6.07) is 10.7. The molecule has 0 aliphatic carbocycles. The van der Waals surface area contributed by atoms with Gasteiger partial charge in [0.05, 0.1) is 16.6 Å². The van der Waals surface area contributed by atoms with Gasteiger partial charge in [-0.2, -0.15) is 0 Å². The third-order valence-corrected chi connectivity index (χ3v) is 3.71. The van der Waals surface area contributed by atoms with Crippen molar-refractivity contribution in [2.45, 2.75) is 32.7 Å². The van der Waals surface area contributed by atoms with E-state index in [2.05, 4.69) is 53.0 Å². The van der Waals surface area contributed by atoms with Gasteiger partial charge in [0.1, 0.15) is 0 Å². The Labute approximate surface area is 112 Å². The average Bonchev–Trinajstić information content (AvgIpc) is 2.85. The third-order valence-electron chi connectivity index (χ3n) is 2.88. The van der Waals surface area contributed by atoms with Crippen molar-refractivity contribution in [2.75, 3.05) is 6.54 Å². The Morgan fingerprint density at radius 2 is 2.00 bits per heavy atom. The van der Waals surface area contributed by atoms with E-state index < -0.39 is 0 Å². The van der Waals surface area contributed by atoms with Gasteiger partial charge in [-0.1, -0.05) is 55.1 Å². The Bertz CT molecular complexity index is 467. The van der Waals surface area contributed by atoms with Crippen molar-refractivity contribution in [3.8, 4) is 0 Å². The van der Waals surface area contributed by atoms with E-state index in [-0.39, 0.29) is 6.04 Å². The van der Waals surface area contributed by atoms with Crippen LogP contribution in [0.25, 0.3) is 0 Å². The van der Waals surface area contributed by atoms with Gasteiger partial charge in [-0.25, -0.2) is 0 Å². The summed E-state index contributed by atoms with van der Waals surface area (Å²) in [5, 5.41) is 7.79. The summed E-state index contributed by atoms with van der Waals surface area (Å²) in [6.45, 7) is 5.24. The van der Waals surface area contributed by atoms with Crippen LogP contribution in [0.2, 0.25) is 0 Å². The normalized spacial score (nSPS) is 12.6. The van der Waals surface area contributed by atoms with Crippen LogP contribution in [0.15, 0.2) is 30.3 Å². The van der Waals surface area contributed by atoms with Gasteiger partial charge in [0.15, 0.2) is 0 Å². The number of aromatic nitrogens is 2. The number of aryl methyl sites for hydroxylation is 1. The second kappa shape index (κ2) is 6.61. The molecule has 0 aliphatic rings. The number of benzene rings is 1. The minimum Gasteiger partial charge on any atom is -0.306 e. The Morgan fingerprint density at radius 1 is 1.22 bits per heavy atom. The van der Waals surface area contributed by atoms with Crippen molar-refractivity contribution in [3.63, 3.8) is 0 Å². The minimum absolute atomic E-state index is 0.220. The molecule has 1 N–H and O–H groups in total. The topological polar surface area (TPSA) is 37.8 Å². The van der Waals surface area contributed by atoms with Crippen molar-refractivity contribution in [1.29, 1.82) is 0 Å². The molecule has 0 amide bonds. The largest absolute Gasteiger partial charge is 0.306 e. The molecule has 2 rings (SSSR count). The number of nitrogens with zero attached hydrogens (tertiary/aromatic N) is 2. The van der Waals surface area contributed by atoms with Crippen LogP contribution in [-0.2, 0) is 6.42 Å². The van der Waals surface area contributed by atoms with E-state index in [1.54, 1.807) is 0 Å². The van der Waals surface area contributed by atoms with Gasteiger partial charge in [-0.3, -0.25) is 0 Å². The van der Waals surface area contributed by atoms with E-state index in [9.17, 15) is 0 Å². The first-order valence-electron chi connectivity index (χ1n) is 6.46. The van der Waals surface area contributed by atoms with E-state index in [1.807, 2.05) is 6.07 Å². The molecule has 18 heavy (non-hydrogen) atoms. The Hall–Kier alpha value is -1.26. The van der Waals surface area contributed by atoms with Crippen LogP contribution in [0.3, 0.4) is 0 Å². The Balaban J connectivity index is 2.32. The molecule has 0 spiro atoms. The molecule has 0 saturated carbocycles. The molecule has 1 heterocycles. The van der Waals surface area contributed by atoms with Crippen molar-refractivity contribution in [3.05, 3.63) is 46.5 Å². The van der Waals surface area contributed by atoms with Crippen LogP contribution in [0.5, 0.6) is 0 Å². The first-order valence-corrected chi connectivity index (χ1v) is 7.23. The number of hydrogen-bond donors (Lipinski definition) is 1. The molecule has 96 valence electrons. The summed E-state index contributed by atoms with van der Waals surface area (Å²) < 4.78 is 4.12. The smallest absolute Gasteiger partial charge is 0.0807 e. The minimum atomic E-state index is 0.220. The molecule has 0 saturated heterocycles. The lowest BCUT2D eigenvalue weighted by atomic mass is 10.0. The molecule has 0 bridgehead atoms. The van der Waals surface area contributed by atoms with E-state index in [0.717, 1.165) is 25.1 Å². The predicted molar refractivity (Wildman–Crippen MR) is 75.9 cm³/mol. The Morgan fingerprint density at radius 3 is 2.67 bits per heavy atom. The summed E-state index contributed by atoms with van der Waals surface area (Å²) in [5.74, 6) is 0. The fourth-order valence-corrected chi connectivity index (χ4v) is 2.86. The summed E-state index contributed by atoms with van der Waals surface area (Å²) >= 11 is 1.51. The Kier molecular flexibility index (Phi) is 4.84. The molecule has 1 aromatic heterocycles. The average molecular weight is 261 g/mol. The van der Waals surface area contributed by atoms with E-state index in [0.29, 0.717) is 0 Å². The van der Waals surface area contributed by atoms with Crippen LogP contribution in [0.4, 0.5) is 0 Å². The standard InChI is InChI=1S/C14H19N3S/c1-3-8-12-14(18-17-16-12)13(15-4-2)11-9-6-5-7-10-11/h5-7,9-10,13,15H,3-4,8H2,1-2H3. The second-order valence-corrected chi connectivity index (χ2v) is 5.02. The summed E-state index contributed by atoms with van der Waals surface area (Å²) in [6.07, 6.45) is 2.10. The highest BCUT2D eigenvalue weighted by atomic mass is 32.1. The molecular weight excluding hydrogens is 242 g/mol. The van der Waals surface area contributed by atoms with E-state index >= 15 is 0 Å². The fraction of sp³-hybridized carbons (Fsp3) is 0.429. The molecule has 3 nitrogen and oxygen atoms in total. The molecule has 0 radical (unpaired) electrons. The van der Waals surface area contributed by atoms with Gasteiger partial charge in [-0.05, 0) is 30.1 Å². The zero-order valence-electron chi connectivity index (χ0n) is 10.9. The van der Waals surface area contributed by atoms with Gasteiger partial charge in [0.25, 0.3) is 0 Å². The SMILES string of the molecule is CCCc1nnsc1C(NCC)c1ccccc1. The van der Waals surface area contributed by atoms with Crippen LogP contribution in [0, 0.1) is 0 Å². The molecule has 1 atom stereocenters. The van der Waals surface area contributed by atoms with Crippen molar-refractivity contribution < 1.29 is 0 Å². The van der Waals surface area contributed by atoms with Crippen molar-refractivity contribution in [1.82, 2.24) is 14.9 Å². The van der Waals surface area contributed by atoms with Gasteiger partial charge < -0.3 is 5.32 Å².